The number of hydrogen-bond acceptors (Lipinski definition) is 2. The SMILES string of the molecule is CC(N(C)Cc1cccc(C#N)c1)C(C)(C)C. The first kappa shape index (κ1) is 13.7. The van der Waals surface area contributed by atoms with Crippen molar-refractivity contribution in [2.24, 2.45) is 5.41 Å². The van der Waals surface area contributed by atoms with Gasteiger partial charge < -0.3 is 0 Å². The van der Waals surface area contributed by atoms with Crippen LogP contribution >= 0.6 is 0 Å². The third kappa shape index (κ3) is 3.87. The lowest BCUT2D eigenvalue weighted by molar-refractivity contribution is 0.134. The molecule has 0 aromatic heterocycles. The number of rotatable bonds is 3. The summed E-state index contributed by atoms with van der Waals surface area (Å²) in [5, 5.41) is 8.87. The Bertz CT molecular complexity index is 410. The van der Waals surface area contributed by atoms with E-state index in [0.717, 1.165) is 12.1 Å². The predicted octanol–water partition coefficient (Wildman–Crippen LogP) is 3.42. The van der Waals surface area contributed by atoms with Crippen molar-refractivity contribution in [2.75, 3.05) is 7.05 Å². The average molecular weight is 230 g/mol. The zero-order chi connectivity index (χ0) is 13.1. The lowest BCUT2D eigenvalue weighted by atomic mass is 9.87. The van der Waals surface area contributed by atoms with Gasteiger partial charge in [0.05, 0.1) is 11.6 Å². The predicted molar refractivity (Wildman–Crippen MR) is 71.5 cm³/mol. The Morgan fingerprint density at radius 2 is 2.00 bits per heavy atom. The monoisotopic (exact) mass is 230 g/mol. The summed E-state index contributed by atoms with van der Waals surface area (Å²) in [4.78, 5) is 2.33. The fraction of sp³-hybridized carbons (Fsp3) is 0.533. The molecule has 0 radical (unpaired) electrons. The van der Waals surface area contributed by atoms with Gasteiger partial charge in [-0.2, -0.15) is 5.26 Å². The Morgan fingerprint density at radius 1 is 1.35 bits per heavy atom. The van der Waals surface area contributed by atoms with Crippen molar-refractivity contribution in [2.45, 2.75) is 40.3 Å². The molecule has 2 heteroatoms. The molecular weight excluding hydrogens is 208 g/mol. The maximum Gasteiger partial charge on any atom is 0.0991 e. The highest BCUT2D eigenvalue weighted by Gasteiger charge is 2.23. The van der Waals surface area contributed by atoms with Crippen LogP contribution < -0.4 is 0 Å². The second-order valence-electron chi connectivity index (χ2n) is 5.77. The van der Waals surface area contributed by atoms with Gasteiger partial charge in [0.1, 0.15) is 0 Å². The lowest BCUT2D eigenvalue weighted by Crippen LogP contribution is -2.38. The van der Waals surface area contributed by atoms with Crippen LogP contribution in [0.25, 0.3) is 0 Å². The lowest BCUT2D eigenvalue weighted by Gasteiger charge is -2.35. The van der Waals surface area contributed by atoms with Gasteiger partial charge in [0.25, 0.3) is 0 Å². The van der Waals surface area contributed by atoms with E-state index in [2.05, 4.69) is 51.8 Å². The quantitative estimate of drug-likeness (QED) is 0.795. The molecule has 0 amide bonds. The largest absolute Gasteiger partial charge is 0.299 e. The highest BCUT2D eigenvalue weighted by atomic mass is 15.1. The third-order valence-electron chi connectivity index (χ3n) is 3.40. The molecule has 0 heterocycles. The first-order valence-corrected chi connectivity index (χ1v) is 6.04. The van der Waals surface area contributed by atoms with Crippen LogP contribution in [-0.2, 0) is 6.54 Å². The van der Waals surface area contributed by atoms with Crippen LogP contribution in [0.4, 0.5) is 0 Å². The maximum absolute atomic E-state index is 8.87. The molecule has 0 aliphatic heterocycles. The Morgan fingerprint density at radius 3 is 2.53 bits per heavy atom. The number of nitriles is 1. The molecule has 1 aromatic carbocycles. The molecule has 92 valence electrons. The van der Waals surface area contributed by atoms with E-state index < -0.39 is 0 Å². The summed E-state index contributed by atoms with van der Waals surface area (Å²) in [7, 11) is 2.13. The van der Waals surface area contributed by atoms with Crippen LogP contribution in [-0.4, -0.2) is 18.0 Å². The summed E-state index contributed by atoms with van der Waals surface area (Å²) in [6, 6.07) is 10.5. The van der Waals surface area contributed by atoms with E-state index in [-0.39, 0.29) is 5.41 Å². The molecule has 17 heavy (non-hydrogen) atoms. The van der Waals surface area contributed by atoms with Crippen molar-refractivity contribution in [1.29, 1.82) is 5.26 Å². The van der Waals surface area contributed by atoms with E-state index in [9.17, 15) is 0 Å². The van der Waals surface area contributed by atoms with Crippen LogP contribution in [0.3, 0.4) is 0 Å². The number of hydrogen-bond donors (Lipinski definition) is 0. The minimum atomic E-state index is 0.265. The van der Waals surface area contributed by atoms with Gasteiger partial charge in [-0.25, -0.2) is 0 Å². The third-order valence-corrected chi connectivity index (χ3v) is 3.40. The van der Waals surface area contributed by atoms with E-state index in [1.165, 1.54) is 5.56 Å². The summed E-state index contributed by atoms with van der Waals surface area (Å²) in [6.45, 7) is 9.88. The van der Waals surface area contributed by atoms with Crippen molar-refractivity contribution < 1.29 is 0 Å². The minimum absolute atomic E-state index is 0.265. The van der Waals surface area contributed by atoms with Gasteiger partial charge in [-0.15, -0.1) is 0 Å². The highest BCUT2D eigenvalue weighted by Crippen LogP contribution is 2.24. The van der Waals surface area contributed by atoms with Gasteiger partial charge >= 0.3 is 0 Å². The summed E-state index contributed by atoms with van der Waals surface area (Å²) < 4.78 is 0. The number of benzene rings is 1. The van der Waals surface area contributed by atoms with E-state index >= 15 is 0 Å². The van der Waals surface area contributed by atoms with Gasteiger partial charge in [0, 0.05) is 12.6 Å². The van der Waals surface area contributed by atoms with Gasteiger partial charge in [0.2, 0.25) is 0 Å². The Kier molecular flexibility index (Phi) is 4.31. The van der Waals surface area contributed by atoms with E-state index in [4.69, 9.17) is 5.26 Å². The van der Waals surface area contributed by atoms with Crippen molar-refractivity contribution in [3.63, 3.8) is 0 Å². The molecule has 0 bridgehead atoms. The standard InChI is InChI=1S/C15H22N2/c1-12(15(2,3)4)17(5)11-14-8-6-7-13(9-14)10-16/h6-9,12H,11H2,1-5H3. The van der Waals surface area contributed by atoms with Crippen molar-refractivity contribution in [3.8, 4) is 6.07 Å². The van der Waals surface area contributed by atoms with E-state index in [1.54, 1.807) is 0 Å². The van der Waals surface area contributed by atoms with Gasteiger partial charge in [-0.1, -0.05) is 32.9 Å². The van der Waals surface area contributed by atoms with Crippen molar-refractivity contribution in [3.05, 3.63) is 35.4 Å². The summed E-state index contributed by atoms with van der Waals surface area (Å²) in [5.74, 6) is 0. The normalized spacial score (nSPS) is 13.5. The highest BCUT2D eigenvalue weighted by molar-refractivity contribution is 5.32. The van der Waals surface area contributed by atoms with Gasteiger partial charge in [0.15, 0.2) is 0 Å². The number of nitrogens with zero attached hydrogens (tertiary/aromatic N) is 2. The Hall–Kier alpha value is -1.33. The first-order valence-electron chi connectivity index (χ1n) is 6.04. The summed E-state index contributed by atoms with van der Waals surface area (Å²) in [6.07, 6.45) is 0. The molecule has 1 atom stereocenters. The fourth-order valence-electron chi connectivity index (χ4n) is 1.83. The minimum Gasteiger partial charge on any atom is -0.299 e. The summed E-state index contributed by atoms with van der Waals surface area (Å²) >= 11 is 0. The van der Waals surface area contributed by atoms with Crippen molar-refractivity contribution >= 4 is 0 Å². The van der Waals surface area contributed by atoms with E-state index in [0.29, 0.717) is 6.04 Å². The second-order valence-corrected chi connectivity index (χ2v) is 5.77. The molecular formula is C15H22N2. The zero-order valence-corrected chi connectivity index (χ0v) is 11.5. The second kappa shape index (κ2) is 5.33. The molecule has 1 aromatic rings. The topological polar surface area (TPSA) is 27.0 Å². The van der Waals surface area contributed by atoms with E-state index in [1.807, 2.05) is 18.2 Å². The van der Waals surface area contributed by atoms with Crippen LogP contribution in [0.5, 0.6) is 0 Å². The smallest absolute Gasteiger partial charge is 0.0991 e. The Balaban J connectivity index is 2.75. The van der Waals surface area contributed by atoms with Crippen LogP contribution in [0, 0.1) is 16.7 Å². The fourth-order valence-corrected chi connectivity index (χ4v) is 1.83. The Labute approximate surface area is 105 Å². The molecule has 0 aliphatic carbocycles. The zero-order valence-electron chi connectivity index (χ0n) is 11.5. The summed E-state index contributed by atoms with van der Waals surface area (Å²) in [5.41, 5.74) is 2.20. The van der Waals surface area contributed by atoms with Gasteiger partial charge in [-0.3, -0.25) is 4.90 Å². The van der Waals surface area contributed by atoms with Crippen LogP contribution in [0.15, 0.2) is 24.3 Å². The molecule has 1 rings (SSSR count). The average Bonchev–Trinajstić information content (AvgIpc) is 2.27. The molecule has 0 spiro atoms. The van der Waals surface area contributed by atoms with Crippen LogP contribution in [0.1, 0.15) is 38.8 Å². The molecule has 0 saturated carbocycles. The van der Waals surface area contributed by atoms with Crippen LogP contribution in [0.2, 0.25) is 0 Å². The molecule has 0 saturated heterocycles. The van der Waals surface area contributed by atoms with Gasteiger partial charge in [-0.05, 0) is 37.1 Å². The van der Waals surface area contributed by atoms with Crippen molar-refractivity contribution in [1.82, 2.24) is 4.90 Å². The molecule has 0 fully saturated rings. The maximum atomic E-state index is 8.87. The molecule has 1 unspecified atom stereocenters. The molecule has 0 aliphatic rings. The molecule has 2 nitrogen and oxygen atoms in total. The molecule has 0 N–H and O–H groups in total. The first-order chi connectivity index (χ1) is 7.84.